The van der Waals surface area contributed by atoms with Crippen LogP contribution in [0.25, 0.3) is 0 Å². The van der Waals surface area contributed by atoms with Gasteiger partial charge in [-0.05, 0) is 25.7 Å². The van der Waals surface area contributed by atoms with E-state index in [2.05, 4.69) is 5.32 Å². The number of piperazine rings is 1. The van der Waals surface area contributed by atoms with Crippen molar-refractivity contribution in [2.45, 2.75) is 53.1 Å². The van der Waals surface area contributed by atoms with Crippen molar-refractivity contribution in [2.24, 2.45) is 5.41 Å². The molecule has 0 radical (unpaired) electrons. The van der Waals surface area contributed by atoms with E-state index >= 15 is 0 Å². The van der Waals surface area contributed by atoms with E-state index in [9.17, 15) is 9.59 Å². The van der Waals surface area contributed by atoms with Gasteiger partial charge in [-0.25, -0.2) is 0 Å². The summed E-state index contributed by atoms with van der Waals surface area (Å²) in [4.78, 5) is 26.1. The number of ether oxygens (including phenoxy) is 1. The van der Waals surface area contributed by atoms with Crippen molar-refractivity contribution in [3.8, 4) is 0 Å². The van der Waals surface area contributed by atoms with E-state index in [0.717, 1.165) is 6.42 Å². The van der Waals surface area contributed by atoms with Crippen molar-refractivity contribution in [2.75, 3.05) is 19.8 Å². The molecule has 0 spiro atoms. The summed E-state index contributed by atoms with van der Waals surface area (Å²) in [5.74, 6) is -0.0629. The number of carbonyl (C=O) groups is 2. The molecule has 0 bridgehead atoms. The Labute approximate surface area is 115 Å². The van der Waals surface area contributed by atoms with Crippen LogP contribution in [-0.4, -0.2) is 48.6 Å². The van der Waals surface area contributed by atoms with Gasteiger partial charge >= 0.3 is 0 Å². The third kappa shape index (κ3) is 3.93. The molecule has 0 aromatic carbocycles. The molecule has 1 heterocycles. The van der Waals surface area contributed by atoms with Crippen molar-refractivity contribution in [1.82, 2.24) is 10.2 Å². The van der Waals surface area contributed by atoms with Crippen LogP contribution in [0.2, 0.25) is 0 Å². The zero-order valence-electron chi connectivity index (χ0n) is 12.7. The normalized spacial score (nSPS) is 24.6. The van der Waals surface area contributed by atoms with E-state index in [4.69, 9.17) is 4.74 Å². The zero-order chi connectivity index (χ0) is 14.6. The summed E-state index contributed by atoms with van der Waals surface area (Å²) in [6, 6.07) is -0.837. The Morgan fingerprint density at radius 3 is 2.47 bits per heavy atom. The number of hydrogen-bond acceptors (Lipinski definition) is 3. The smallest absolute Gasteiger partial charge is 0.246 e. The van der Waals surface area contributed by atoms with Crippen molar-refractivity contribution in [3.05, 3.63) is 0 Å². The number of hydrogen-bond donors (Lipinski definition) is 1. The molecule has 0 aromatic heterocycles. The van der Waals surface area contributed by atoms with E-state index in [1.54, 1.807) is 11.8 Å². The van der Waals surface area contributed by atoms with Crippen molar-refractivity contribution in [1.29, 1.82) is 0 Å². The zero-order valence-corrected chi connectivity index (χ0v) is 12.7. The third-order valence-corrected chi connectivity index (χ3v) is 3.42. The molecule has 110 valence electrons. The molecule has 2 unspecified atom stereocenters. The lowest BCUT2D eigenvalue weighted by atomic mass is 9.84. The highest BCUT2D eigenvalue weighted by Crippen LogP contribution is 2.25. The second kappa shape index (κ2) is 6.37. The van der Waals surface area contributed by atoms with Crippen LogP contribution in [0.5, 0.6) is 0 Å². The van der Waals surface area contributed by atoms with Crippen LogP contribution < -0.4 is 5.32 Å². The molecule has 0 aliphatic carbocycles. The van der Waals surface area contributed by atoms with E-state index < -0.39 is 12.1 Å². The van der Waals surface area contributed by atoms with Gasteiger partial charge in [-0.3, -0.25) is 9.59 Å². The lowest BCUT2D eigenvalue weighted by molar-refractivity contribution is -0.151. The summed E-state index contributed by atoms with van der Waals surface area (Å²) in [5.41, 5.74) is -0.273. The lowest BCUT2D eigenvalue weighted by Crippen LogP contribution is -2.65. The largest absolute Gasteiger partial charge is 0.382 e. The molecule has 1 N–H and O–H groups in total. The van der Waals surface area contributed by atoms with Gasteiger partial charge in [-0.2, -0.15) is 0 Å². The minimum Gasteiger partial charge on any atom is -0.382 e. The molecule has 0 saturated carbocycles. The number of amides is 2. The molecular formula is C14H26N2O3. The Kier molecular flexibility index (Phi) is 5.35. The first-order valence-electron chi connectivity index (χ1n) is 6.97. The molecular weight excluding hydrogens is 244 g/mol. The predicted molar refractivity (Wildman–Crippen MR) is 73.7 cm³/mol. The molecule has 0 aromatic rings. The van der Waals surface area contributed by atoms with E-state index in [-0.39, 0.29) is 17.2 Å². The van der Waals surface area contributed by atoms with Crippen molar-refractivity contribution >= 4 is 11.8 Å². The summed E-state index contributed by atoms with van der Waals surface area (Å²) in [6.45, 7) is 11.5. The van der Waals surface area contributed by atoms with Gasteiger partial charge in [-0.1, -0.05) is 20.8 Å². The SMILES string of the molecule is CCOCCCN1C(=O)C(C(C)(C)C)NC(=O)C1C. The van der Waals surface area contributed by atoms with E-state index in [1.165, 1.54) is 0 Å². The van der Waals surface area contributed by atoms with Gasteiger partial charge in [0.05, 0.1) is 0 Å². The fourth-order valence-corrected chi connectivity index (χ4v) is 2.19. The monoisotopic (exact) mass is 270 g/mol. The minimum atomic E-state index is -0.441. The van der Waals surface area contributed by atoms with Gasteiger partial charge in [0, 0.05) is 19.8 Å². The first-order chi connectivity index (χ1) is 8.79. The number of nitrogens with zero attached hydrogens (tertiary/aromatic N) is 1. The van der Waals surface area contributed by atoms with Crippen LogP contribution in [0.3, 0.4) is 0 Å². The van der Waals surface area contributed by atoms with Gasteiger partial charge < -0.3 is 15.0 Å². The Morgan fingerprint density at radius 1 is 1.32 bits per heavy atom. The quantitative estimate of drug-likeness (QED) is 0.763. The number of nitrogens with one attached hydrogen (secondary N) is 1. The highest BCUT2D eigenvalue weighted by Gasteiger charge is 2.43. The Morgan fingerprint density at radius 2 is 1.95 bits per heavy atom. The van der Waals surface area contributed by atoms with Crippen LogP contribution in [-0.2, 0) is 14.3 Å². The first-order valence-corrected chi connectivity index (χ1v) is 6.97. The van der Waals surface area contributed by atoms with Gasteiger partial charge in [-0.15, -0.1) is 0 Å². The maximum absolute atomic E-state index is 12.5. The fraction of sp³-hybridized carbons (Fsp3) is 0.857. The Bertz CT molecular complexity index is 336. The molecule has 1 saturated heterocycles. The summed E-state index contributed by atoms with van der Waals surface area (Å²) in [5, 5.41) is 2.83. The predicted octanol–water partition coefficient (Wildman–Crippen LogP) is 1.17. The molecule has 1 aliphatic rings. The molecule has 19 heavy (non-hydrogen) atoms. The average molecular weight is 270 g/mol. The van der Waals surface area contributed by atoms with Gasteiger partial charge in [0.25, 0.3) is 0 Å². The van der Waals surface area contributed by atoms with Crippen LogP contribution >= 0.6 is 0 Å². The van der Waals surface area contributed by atoms with Crippen LogP contribution in [0, 0.1) is 5.41 Å². The summed E-state index contributed by atoms with van der Waals surface area (Å²) >= 11 is 0. The fourth-order valence-electron chi connectivity index (χ4n) is 2.19. The highest BCUT2D eigenvalue weighted by atomic mass is 16.5. The van der Waals surface area contributed by atoms with Crippen molar-refractivity contribution in [3.63, 3.8) is 0 Å². The second-order valence-corrected chi connectivity index (χ2v) is 6.07. The van der Waals surface area contributed by atoms with Crippen LogP contribution in [0.15, 0.2) is 0 Å². The summed E-state index contributed by atoms with van der Waals surface area (Å²) < 4.78 is 5.28. The second-order valence-electron chi connectivity index (χ2n) is 6.07. The average Bonchev–Trinajstić information content (AvgIpc) is 2.31. The van der Waals surface area contributed by atoms with Crippen molar-refractivity contribution < 1.29 is 14.3 Å². The maximum Gasteiger partial charge on any atom is 0.246 e. The summed E-state index contributed by atoms with van der Waals surface area (Å²) in [7, 11) is 0. The molecule has 1 fully saturated rings. The first kappa shape index (κ1) is 16.0. The lowest BCUT2D eigenvalue weighted by Gasteiger charge is -2.42. The number of carbonyl (C=O) groups excluding carboxylic acids is 2. The van der Waals surface area contributed by atoms with E-state index in [1.807, 2.05) is 27.7 Å². The molecule has 5 nitrogen and oxygen atoms in total. The molecule has 2 amide bonds. The van der Waals surface area contributed by atoms with E-state index in [0.29, 0.717) is 19.8 Å². The standard InChI is InChI=1S/C14H26N2O3/c1-6-19-9-7-8-16-10(2)12(17)15-11(13(16)18)14(3,4)5/h10-11H,6-9H2,1-5H3,(H,15,17). The highest BCUT2D eigenvalue weighted by molar-refractivity contribution is 5.97. The molecule has 1 aliphatic heterocycles. The maximum atomic E-state index is 12.5. The Balaban J connectivity index is 2.70. The molecule has 1 rings (SSSR count). The Hall–Kier alpha value is -1.10. The van der Waals surface area contributed by atoms with Gasteiger partial charge in [0.2, 0.25) is 11.8 Å². The van der Waals surface area contributed by atoms with Gasteiger partial charge in [0.15, 0.2) is 0 Å². The minimum absolute atomic E-state index is 0.0103. The van der Waals surface area contributed by atoms with Gasteiger partial charge in [0.1, 0.15) is 12.1 Å². The molecule has 2 atom stereocenters. The summed E-state index contributed by atoms with van der Waals surface area (Å²) in [6.07, 6.45) is 0.758. The van der Waals surface area contributed by atoms with Crippen LogP contribution in [0.4, 0.5) is 0 Å². The van der Waals surface area contributed by atoms with Crippen LogP contribution in [0.1, 0.15) is 41.0 Å². The third-order valence-electron chi connectivity index (χ3n) is 3.42. The molecule has 5 heteroatoms. The number of rotatable bonds is 5. The topological polar surface area (TPSA) is 58.6 Å².